The Morgan fingerprint density at radius 1 is 1.24 bits per heavy atom. The fraction of sp³-hybridized carbons (Fsp3) is 0.348. The Morgan fingerprint density at radius 2 is 2.00 bits per heavy atom. The summed E-state index contributed by atoms with van der Waals surface area (Å²) in [7, 11) is -2.00. The number of sulfonamides is 1. The maximum absolute atomic E-state index is 13.1. The van der Waals surface area contributed by atoms with Crippen LogP contribution in [0.15, 0.2) is 57.9 Å². The van der Waals surface area contributed by atoms with E-state index in [2.05, 4.69) is 10.1 Å². The topological polar surface area (TPSA) is 96.6 Å². The second-order valence-electron chi connectivity index (χ2n) is 8.23. The highest BCUT2D eigenvalue weighted by Gasteiger charge is 2.34. The number of nitrogens with zero attached hydrogens (tertiary/aromatic N) is 4. The molecule has 33 heavy (non-hydrogen) atoms. The molecule has 2 aromatic carbocycles. The number of hydrogen-bond acceptors (Lipinski definition) is 6. The number of halogens is 1. The molecule has 3 aromatic rings. The average molecular weight is 489 g/mol. The summed E-state index contributed by atoms with van der Waals surface area (Å²) >= 11 is 6.02. The van der Waals surface area contributed by atoms with Gasteiger partial charge in [-0.1, -0.05) is 46.6 Å². The molecule has 0 N–H and O–H groups in total. The first-order valence-electron chi connectivity index (χ1n) is 10.6. The van der Waals surface area contributed by atoms with Crippen LogP contribution in [0.3, 0.4) is 0 Å². The first-order valence-corrected chi connectivity index (χ1v) is 12.5. The van der Waals surface area contributed by atoms with E-state index in [0.29, 0.717) is 36.1 Å². The van der Waals surface area contributed by atoms with Crippen LogP contribution in [0, 0.1) is 12.8 Å². The second kappa shape index (κ2) is 9.62. The van der Waals surface area contributed by atoms with Crippen molar-refractivity contribution in [3.63, 3.8) is 0 Å². The van der Waals surface area contributed by atoms with Gasteiger partial charge >= 0.3 is 0 Å². The molecule has 1 unspecified atom stereocenters. The van der Waals surface area contributed by atoms with Gasteiger partial charge in [0.05, 0.1) is 17.4 Å². The Labute approximate surface area is 198 Å². The molecular weight excluding hydrogens is 464 g/mol. The van der Waals surface area contributed by atoms with Crippen LogP contribution in [0.25, 0.3) is 11.4 Å². The van der Waals surface area contributed by atoms with Gasteiger partial charge in [-0.25, -0.2) is 8.42 Å². The van der Waals surface area contributed by atoms with Gasteiger partial charge in [-0.2, -0.15) is 9.29 Å². The van der Waals surface area contributed by atoms with E-state index in [1.54, 1.807) is 49.5 Å². The van der Waals surface area contributed by atoms with Crippen molar-refractivity contribution >= 4 is 27.5 Å². The van der Waals surface area contributed by atoms with Gasteiger partial charge in [0.1, 0.15) is 0 Å². The van der Waals surface area contributed by atoms with Crippen LogP contribution in [-0.2, 0) is 21.4 Å². The van der Waals surface area contributed by atoms with Crippen molar-refractivity contribution in [1.82, 2.24) is 19.3 Å². The van der Waals surface area contributed by atoms with E-state index in [-0.39, 0.29) is 23.9 Å². The number of carbonyl (C=O) groups excluding carboxylic acids is 1. The van der Waals surface area contributed by atoms with E-state index < -0.39 is 15.9 Å². The molecule has 0 radical (unpaired) electrons. The molecule has 1 aromatic heterocycles. The largest absolute Gasteiger partial charge is 0.337 e. The molecule has 174 valence electrons. The van der Waals surface area contributed by atoms with Gasteiger partial charge in [0.2, 0.25) is 27.6 Å². The van der Waals surface area contributed by atoms with Crippen molar-refractivity contribution in [2.45, 2.75) is 31.2 Å². The quantitative estimate of drug-likeness (QED) is 0.524. The molecule has 1 amide bonds. The standard InChI is InChI=1S/C23H25ClN4O4S/c1-16-8-10-20(11-9-16)33(30,31)28-12-4-6-18(14-28)23(29)27(2)15-21-25-22(26-32-21)17-5-3-7-19(24)13-17/h3,5,7-11,13,18H,4,6,12,14-15H2,1-2H3. The summed E-state index contributed by atoms with van der Waals surface area (Å²) in [5, 5.41) is 4.53. The van der Waals surface area contributed by atoms with Gasteiger partial charge in [-0.15, -0.1) is 0 Å². The summed E-state index contributed by atoms with van der Waals surface area (Å²) in [4.78, 5) is 19.2. The summed E-state index contributed by atoms with van der Waals surface area (Å²) < 4.78 is 32.8. The Hall–Kier alpha value is -2.75. The first-order chi connectivity index (χ1) is 15.7. The molecule has 0 spiro atoms. The number of aryl methyl sites for hydroxylation is 1. The Bertz CT molecular complexity index is 1240. The van der Waals surface area contributed by atoms with E-state index in [9.17, 15) is 13.2 Å². The van der Waals surface area contributed by atoms with Crippen molar-refractivity contribution in [2.24, 2.45) is 5.92 Å². The van der Waals surface area contributed by atoms with E-state index >= 15 is 0 Å². The van der Waals surface area contributed by atoms with Gasteiger partial charge < -0.3 is 9.42 Å². The van der Waals surface area contributed by atoms with Crippen molar-refractivity contribution in [1.29, 1.82) is 0 Å². The van der Waals surface area contributed by atoms with Gasteiger partial charge in [-0.05, 0) is 44.0 Å². The maximum Gasteiger partial charge on any atom is 0.246 e. The summed E-state index contributed by atoms with van der Waals surface area (Å²) in [5.74, 6) is 0.0998. The fourth-order valence-corrected chi connectivity index (χ4v) is 5.59. The minimum atomic E-state index is -3.65. The highest BCUT2D eigenvalue weighted by atomic mass is 35.5. The lowest BCUT2D eigenvalue weighted by molar-refractivity contribution is -0.136. The van der Waals surface area contributed by atoms with Crippen molar-refractivity contribution < 1.29 is 17.7 Å². The summed E-state index contributed by atoms with van der Waals surface area (Å²) in [5.41, 5.74) is 1.71. The maximum atomic E-state index is 13.1. The summed E-state index contributed by atoms with van der Waals surface area (Å²) in [6, 6.07) is 13.9. The smallest absolute Gasteiger partial charge is 0.246 e. The number of amides is 1. The molecule has 1 aliphatic rings. The lowest BCUT2D eigenvalue weighted by Crippen LogP contribution is -2.45. The predicted octanol–water partition coefficient (Wildman–Crippen LogP) is 3.76. The van der Waals surface area contributed by atoms with Crippen LogP contribution in [-0.4, -0.2) is 53.8 Å². The van der Waals surface area contributed by atoms with Crippen LogP contribution < -0.4 is 0 Å². The molecule has 0 bridgehead atoms. The second-order valence-corrected chi connectivity index (χ2v) is 10.6. The number of aromatic nitrogens is 2. The number of rotatable bonds is 6. The zero-order chi connectivity index (χ0) is 23.6. The minimum absolute atomic E-state index is 0.133. The normalized spacial score (nSPS) is 17.1. The average Bonchev–Trinajstić information content (AvgIpc) is 3.27. The van der Waals surface area contributed by atoms with Crippen LogP contribution in [0.2, 0.25) is 5.02 Å². The van der Waals surface area contributed by atoms with Crippen LogP contribution in [0.1, 0.15) is 24.3 Å². The van der Waals surface area contributed by atoms with Crippen molar-refractivity contribution in [2.75, 3.05) is 20.1 Å². The molecule has 1 atom stereocenters. The van der Waals surface area contributed by atoms with Gasteiger partial charge in [0.15, 0.2) is 0 Å². The SMILES string of the molecule is Cc1ccc(S(=O)(=O)N2CCCC(C(=O)N(C)Cc3nc(-c4cccc(Cl)c4)no3)C2)cc1. The zero-order valence-corrected chi connectivity index (χ0v) is 20.0. The third kappa shape index (κ3) is 5.26. The highest BCUT2D eigenvalue weighted by molar-refractivity contribution is 7.89. The number of carbonyl (C=O) groups is 1. The predicted molar refractivity (Wildman–Crippen MR) is 124 cm³/mol. The van der Waals surface area contributed by atoms with E-state index in [1.165, 1.54) is 9.21 Å². The van der Waals surface area contributed by atoms with Crippen molar-refractivity contribution in [3.8, 4) is 11.4 Å². The van der Waals surface area contributed by atoms with E-state index in [0.717, 1.165) is 11.1 Å². The molecule has 0 aliphatic carbocycles. The molecule has 1 saturated heterocycles. The van der Waals surface area contributed by atoms with Crippen molar-refractivity contribution in [3.05, 3.63) is 65.0 Å². The van der Waals surface area contributed by atoms with Gasteiger partial charge in [0.25, 0.3) is 0 Å². The summed E-state index contributed by atoms with van der Waals surface area (Å²) in [6.07, 6.45) is 1.25. The molecular formula is C23H25ClN4O4S. The van der Waals surface area contributed by atoms with Crippen LogP contribution in [0.4, 0.5) is 0 Å². The molecule has 1 aliphatic heterocycles. The molecule has 10 heteroatoms. The van der Waals surface area contributed by atoms with Crippen LogP contribution in [0.5, 0.6) is 0 Å². The van der Waals surface area contributed by atoms with E-state index in [1.807, 2.05) is 13.0 Å². The van der Waals surface area contributed by atoms with Crippen LogP contribution >= 0.6 is 11.6 Å². The molecule has 8 nitrogen and oxygen atoms in total. The zero-order valence-electron chi connectivity index (χ0n) is 18.4. The number of piperidine rings is 1. The fourth-order valence-electron chi connectivity index (χ4n) is 3.88. The number of hydrogen-bond donors (Lipinski definition) is 0. The Balaban J connectivity index is 1.42. The lowest BCUT2D eigenvalue weighted by atomic mass is 9.98. The molecule has 2 heterocycles. The monoisotopic (exact) mass is 488 g/mol. The Morgan fingerprint density at radius 3 is 2.73 bits per heavy atom. The Kier molecular flexibility index (Phi) is 6.83. The first kappa shape index (κ1) is 23.4. The third-order valence-electron chi connectivity index (χ3n) is 5.69. The van der Waals surface area contributed by atoms with Gasteiger partial charge in [-0.3, -0.25) is 4.79 Å². The minimum Gasteiger partial charge on any atom is -0.337 e. The van der Waals surface area contributed by atoms with E-state index in [4.69, 9.17) is 16.1 Å². The molecule has 0 saturated carbocycles. The molecule has 1 fully saturated rings. The third-order valence-corrected chi connectivity index (χ3v) is 7.81. The lowest BCUT2D eigenvalue weighted by Gasteiger charge is -2.33. The highest BCUT2D eigenvalue weighted by Crippen LogP contribution is 2.26. The molecule has 4 rings (SSSR count). The summed E-state index contributed by atoms with van der Waals surface area (Å²) in [6.45, 7) is 2.59. The van der Waals surface area contributed by atoms with Gasteiger partial charge in [0, 0.05) is 30.7 Å². The number of benzene rings is 2.